The van der Waals surface area contributed by atoms with Gasteiger partial charge in [0, 0.05) is 16.5 Å². The average molecular weight is 553 g/mol. The first kappa shape index (κ1) is 25.1. The van der Waals surface area contributed by atoms with Crippen molar-refractivity contribution in [1.82, 2.24) is 0 Å². The Labute approximate surface area is 250 Å². The molecular weight excluding hydrogens is 524 g/mol. The number of para-hydroxylation sites is 1. The van der Waals surface area contributed by atoms with Gasteiger partial charge in [0.15, 0.2) is 11.3 Å². The molecule has 0 bridgehead atoms. The van der Waals surface area contributed by atoms with E-state index in [4.69, 9.17) is 9.15 Å². The lowest BCUT2D eigenvalue weighted by Gasteiger charge is -2.18. The smallest absolute Gasteiger partial charge is 0.177 e. The van der Waals surface area contributed by atoms with Gasteiger partial charge in [-0.15, -0.1) is 0 Å². The Morgan fingerprint density at radius 3 is 1.30 bits per heavy atom. The second-order valence-electron chi connectivity index (χ2n) is 10.8. The molecule has 0 amide bonds. The largest absolute Gasteiger partial charge is 0.493 e. The summed E-state index contributed by atoms with van der Waals surface area (Å²) in [5.41, 5.74) is 8.91. The Kier molecular flexibility index (Phi) is 6.05. The summed E-state index contributed by atoms with van der Waals surface area (Å²) in [5.74, 6) is 1.57. The lowest BCUT2D eigenvalue weighted by atomic mass is 9.85. The van der Waals surface area contributed by atoms with E-state index in [9.17, 15) is 0 Å². The van der Waals surface area contributed by atoms with E-state index in [1.54, 1.807) is 7.11 Å². The SMILES string of the molecule is COc1cccc2c(-c3ccc(-c4c5ccccc5c(-c5ccccc5)c5ccccc45)cc3)c(-c3ccccc3)oc12. The van der Waals surface area contributed by atoms with Gasteiger partial charge >= 0.3 is 0 Å². The molecule has 0 aliphatic carbocycles. The fourth-order valence-corrected chi connectivity index (χ4v) is 6.49. The van der Waals surface area contributed by atoms with E-state index >= 15 is 0 Å². The molecule has 8 rings (SSSR count). The molecule has 0 aliphatic heterocycles. The first-order valence-electron chi connectivity index (χ1n) is 14.6. The molecule has 2 heteroatoms. The first-order valence-corrected chi connectivity index (χ1v) is 14.6. The number of rotatable bonds is 5. The van der Waals surface area contributed by atoms with Gasteiger partial charge in [0.05, 0.1) is 7.11 Å². The number of benzene rings is 7. The summed E-state index contributed by atoms with van der Waals surface area (Å²) in [6.45, 7) is 0. The third kappa shape index (κ3) is 4.11. The highest BCUT2D eigenvalue weighted by molar-refractivity contribution is 6.21. The highest BCUT2D eigenvalue weighted by atomic mass is 16.5. The number of ether oxygens (including phenoxy) is 1. The van der Waals surface area contributed by atoms with Crippen LogP contribution in [0.5, 0.6) is 5.75 Å². The summed E-state index contributed by atoms with van der Waals surface area (Å²) in [4.78, 5) is 0. The van der Waals surface area contributed by atoms with Crippen LogP contribution >= 0.6 is 0 Å². The third-order valence-electron chi connectivity index (χ3n) is 8.39. The molecule has 0 unspecified atom stereocenters. The van der Waals surface area contributed by atoms with Crippen LogP contribution in [-0.2, 0) is 0 Å². The van der Waals surface area contributed by atoms with Crippen LogP contribution in [0, 0.1) is 0 Å². The summed E-state index contributed by atoms with van der Waals surface area (Å²) in [6, 6.07) is 53.6. The highest BCUT2D eigenvalue weighted by Crippen LogP contribution is 2.46. The molecule has 0 aliphatic rings. The van der Waals surface area contributed by atoms with E-state index in [2.05, 4.69) is 121 Å². The molecule has 8 aromatic rings. The van der Waals surface area contributed by atoms with Crippen LogP contribution in [0.3, 0.4) is 0 Å². The molecule has 204 valence electrons. The maximum absolute atomic E-state index is 6.52. The van der Waals surface area contributed by atoms with Gasteiger partial charge in [-0.25, -0.2) is 0 Å². The first-order chi connectivity index (χ1) is 21.3. The van der Waals surface area contributed by atoms with Crippen molar-refractivity contribution in [3.63, 3.8) is 0 Å². The van der Waals surface area contributed by atoms with Crippen molar-refractivity contribution < 1.29 is 9.15 Å². The van der Waals surface area contributed by atoms with Crippen molar-refractivity contribution in [2.75, 3.05) is 7.11 Å². The zero-order valence-corrected chi connectivity index (χ0v) is 23.8. The predicted octanol–water partition coefficient (Wildman–Crippen LogP) is 11.4. The number of hydrogen-bond acceptors (Lipinski definition) is 2. The zero-order chi connectivity index (χ0) is 28.8. The van der Waals surface area contributed by atoms with Crippen molar-refractivity contribution >= 4 is 32.5 Å². The standard InChI is InChI=1S/C41H28O2/c1-42-36-22-12-21-35-39(40(43-41(35)36)30-15-6-3-7-16-30)29-25-23-28(24-26-29)38-33-19-10-8-17-31(33)37(27-13-4-2-5-14-27)32-18-9-11-20-34(32)38/h2-26H,1H3. The predicted molar refractivity (Wildman–Crippen MR) is 180 cm³/mol. The Morgan fingerprint density at radius 2 is 0.791 bits per heavy atom. The molecule has 1 aromatic heterocycles. The maximum Gasteiger partial charge on any atom is 0.177 e. The van der Waals surface area contributed by atoms with Gasteiger partial charge < -0.3 is 9.15 Å². The van der Waals surface area contributed by atoms with Crippen molar-refractivity contribution in [3.05, 3.63) is 152 Å². The minimum absolute atomic E-state index is 0.731. The minimum Gasteiger partial charge on any atom is -0.493 e. The maximum atomic E-state index is 6.52. The van der Waals surface area contributed by atoms with E-state index in [1.807, 2.05) is 30.3 Å². The van der Waals surface area contributed by atoms with Gasteiger partial charge in [0.2, 0.25) is 0 Å². The van der Waals surface area contributed by atoms with Crippen LogP contribution in [0.15, 0.2) is 156 Å². The van der Waals surface area contributed by atoms with Gasteiger partial charge in [0.25, 0.3) is 0 Å². The van der Waals surface area contributed by atoms with Crippen LogP contribution in [0.1, 0.15) is 0 Å². The second kappa shape index (κ2) is 10.3. The minimum atomic E-state index is 0.731. The molecule has 0 radical (unpaired) electrons. The second-order valence-corrected chi connectivity index (χ2v) is 10.8. The van der Waals surface area contributed by atoms with Crippen molar-refractivity contribution in [2.24, 2.45) is 0 Å². The fraction of sp³-hybridized carbons (Fsp3) is 0.0244. The fourth-order valence-electron chi connectivity index (χ4n) is 6.49. The average Bonchev–Trinajstić information content (AvgIpc) is 3.48. The van der Waals surface area contributed by atoms with Gasteiger partial charge in [0.1, 0.15) is 5.76 Å². The van der Waals surface area contributed by atoms with Crippen LogP contribution in [0.4, 0.5) is 0 Å². The number of methoxy groups -OCH3 is 1. The van der Waals surface area contributed by atoms with Crippen LogP contribution in [-0.4, -0.2) is 7.11 Å². The molecule has 0 saturated heterocycles. The normalized spacial score (nSPS) is 11.4. The summed E-state index contributed by atoms with van der Waals surface area (Å²) < 4.78 is 12.2. The van der Waals surface area contributed by atoms with E-state index in [0.717, 1.165) is 39.2 Å². The molecule has 0 spiro atoms. The molecule has 2 nitrogen and oxygen atoms in total. The number of fused-ring (bicyclic) bond motifs is 3. The lowest BCUT2D eigenvalue weighted by Crippen LogP contribution is -1.91. The molecule has 0 N–H and O–H groups in total. The molecule has 43 heavy (non-hydrogen) atoms. The highest BCUT2D eigenvalue weighted by Gasteiger charge is 2.21. The van der Waals surface area contributed by atoms with E-state index in [-0.39, 0.29) is 0 Å². The summed E-state index contributed by atoms with van der Waals surface area (Å²) in [7, 11) is 1.69. The zero-order valence-electron chi connectivity index (χ0n) is 23.8. The van der Waals surface area contributed by atoms with Gasteiger partial charge in [-0.2, -0.15) is 0 Å². The Hall–Kier alpha value is -5.60. The number of hydrogen-bond donors (Lipinski definition) is 0. The quantitative estimate of drug-likeness (QED) is 0.198. The van der Waals surface area contributed by atoms with Gasteiger partial charge in [-0.3, -0.25) is 0 Å². The van der Waals surface area contributed by atoms with Crippen molar-refractivity contribution in [2.45, 2.75) is 0 Å². The summed E-state index contributed by atoms with van der Waals surface area (Å²) in [6.07, 6.45) is 0. The third-order valence-corrected chi connectivity index (χ3v) is 8.39. The van der Waals surface area contributed by atoms with Crippen LogP contribution in [0.2, 0.25) is 0 Å². The van der Waals surface area contributed by atoms with Crippen LogP contribution < -0.4 is 4.74 Å². The van der Waals surface area contributed by atoms with E-state index in [0.29, 0.717) is 0 Å². The Bertz CT molecular complexity index is 2190. The molecule has 7 aromatic carbocycles. The summed E-state index contributed by atoms with van der Waals surface area (Å²) >= 11 is 0. The molecule has 0 saturated carbocycles. The molecular formula is C41H28O2. The molecule has 0 fully saturated rings. The Morgan fingerprint density at radius 1 is 0.372 bits per heavy atom. The number of furan rings is 1. The summed E-state index contributed by atoms with van der Waals surface area (Å²) in [5, 5.41) is 6.04. The monoisotopic (exact) mass is 552 g/mol. The van der Waals surface area contributed by atoms with E-state index < -0.39 is 0 Å². The van der Waals surface area contributed by atoms with Crippen molar-refractivity contribution in [3.8, 4) is 50.5 Å². The van der Waals surface area contributed by atoms with Gasteiger partial charge in [-0.1, -0.05) is 146 Å². The van der Waals surface area contributed by atoms with Crippen molar-refractivity contribution in [1.29, 1.82) is 0 Å². The topological polar surface area (TPSA) is 22.4 Å². The molecule has 1 heterocycles. The Balaban J connectivity index is 1.36. The van der Waals surface area contributed by atoms with Crippen LogP contribution in [0.25, 0.3) is 77.2 Å². The molecule has 0 atom stereocenters. The van der Waals surface area contributed by atoms with Gasteiger partial charge in [-0.05, 0) is 55.4 Å². The van der Waals surface area contributed by atoms with E-state index in [1.165, 1.54) is 43.8 Å². The lowest BCUT2D eigenvalue weighted by molar-refractivity contribution is 0.411.